The van der Waals surface area contributed by atoms with E-state index in [2.05, 4.69) is 20.6 Å². The van der Waals surface area contributed by atoms with Gasteiger partial charge < -0.3 is 15.6 Å². The minimum atomic E-state index is -0.258. The van der Waals surface area contributed by atoms with E-state index >= 15 is 0 Å². The van der Waals surface area contributed by atoms with E-state index in [0.717, 1.165) is 0 Å². The van der Waals surface area contributed by atoms with E-state index in [9.17, 15) is 4.79 Å². The second-order valence-electron chi connectivity index (χ2n) is 3.61. The van der Waals surface area contributed by atoms with E-state index in [0.29, 0.717) is 36.8 Å². The Morgan fingerprint density at radius 1 is 1.61 bits per heavy atom. The van der Waals surface area contributed by atoms with Gasteiger partial charge in [-0.2, -0.15) is 10.1 Å². The molecule has 2 aromatic heterocycles. The number of aryl methyl sites for hydroxylation is 1. The molecule has 8 nitrogen and oxygen atoms in total. The summed E-state index contributed by atoms with van der Waals surface area (Å²) in [6.45, 7) is 2.88. The van der Waals surface area contributed by atoms with E-state index in [1.807, 2.05) is 6.92 Å². The zero-order chi connectivity index (χ0) is 13.0. The van der Waals surface area contributed by atoms with Crippen molar-refractivity contribution in [2.24, 2.45) is 0 Å². The van der Waals surface area contributed by atoms with Crippen LogP contribution in [-0.4, -0.2) is 32.4 Å². The quantitative estimate of drug-likeness (QED) is 0.762. The maximum absolute atomic E-state index is 11.9. The fourth-order valence-electron chi connectivity index (χ4n) is 1.56. The molecular weight excluding hydrogens is 236 g/mol. The normalized spacial score (nSPS) is 10.5. The minimum Gasteiger partial charge on any atom is -0.396 e. The van der Waals surface area contributed by atoms with Gasteiger partial charge in [-0.1, -0.05) is 5.16 Å². The number of anilines is 1. The van der Waals surface area contributed by atoms with Crippen molar-refractivity contribution in [1.29, 1.82) is 0 Å². The molecule has 0 aromatic carbocycles. The van der Waals surface area contributed by atoms with Crippen LogP contribution in [0.2, 0.25) is 0 Å². The van der Waals surface area contributed by atoms with E-state index in [4.69, 9.17) is 10.3 Å². The number of nitrogens with two attached hydrogens (primary N) is 1. The summed E-state index contributed by atoms with van der Waals surface area (Å²) in [7, 11) is 0. The maximum Gasteiger partial charge on any atom is 0.271 e. The molecule has 18 heavy (non-hydrogen) atoms. The Morgan fingerprint density at radius 2 is 2.44 bits per heavy atom. The molecule has 0 spiro atoms. The van der Waals surface area contributed by atoms with E-state index in [-0.39, 0.29) is 5.91 Å². The van der Waals surface area contributed by atoms with Crippen LogP contribution >= 0.6 is 0 Å². The van der Waals surface area contributed by atoms with E-state index < -0.39 is 0 Å². The number of nitrogens with zero attached hydrogens (tertiary/aromatic N) is 4. The van der Waals surface area contributed by atoms with Crippen LogP contribution in [0.5, 0.6) is 0 Å². The molecule has 0 radical (unpaired) electrons. The summed E-state index contributed by atoms with van der Waals surface area (Å²) in [5, 5.41) is 10.2. The summed E-state index contributed by atoms with van der Waals surface area (Å²) >= 11 is 0. The molecule has 1 amide bonds. The van der Waals surface area contributed by atoms with Crippen LogP contribution < -0.4 is 11.1 Å². The third kappa shape index (κ3) is 2.47. The van der Waals surface area contributed by atoms with Gasteiger partial charge in [-0.05, 0) is 6.92 Å². The highest BCUT2D eigenvalue weighted by atomic mass is 16.5. The van der Waals surface area contributed by atoms with Gasteiger partial charge in [-0.3, -0.25) is 9.48 Å². The van der Waals surface area contributed by atoms with Gasteiger partial charge in [0.25, 0.3) is 5.91 Å². The lowest BCUT2D eigenvalue weighted by atomic mass is 10.3. The molecule has 0 atom stereocenters. The largest absolute Gasteiger partial charge is 0.396 e. The fraction of sp³-hybridized carbons (Fsp3) is 0.400. The summed E-state index contributed by atoms with van der Waals surface area (Å²) in [5.74, 6) is 0.221. The number of aromatic nitrogens is 4. The van der Waals surface area contributed by atoms with Crippen LogP contribution in [0.15, 0.2) is 17.0 Å². The predicted octanol–water partition coefficient (Wildman–Crippen LogP) is -0.159. The van der Waals surface area contributed by atoms with E-state index in [1.54, 1.807) is 4.68 Å². The van der Waals surface area contributed by atoms with Gasteiger partial charge in [0.05, 0.1) is 11.9 Å². The highest BCUT2D eigenvalue weighted by Crippen LogP contribution is 2.10. The fourth-order valence-corrected chi connectivity index (χ4v) is 1.56. The Labute approximate surface area is 103 Å². The third-order valence-corrected chi connectivity index (χ3v) is 2.41. The monoisotopic (exact) mass is 250 g/mol. The Hall–Kier alpha value is -2.38. The Kier molecular flexibility index (Phi) is 3.56. The van der Waals surface area contributed by atoms with Crippen LogP contribution in [-0.2, 0) is 13.0 Å². The average molecular weight is 250 g/mol. The first kappa shape index (κ1) is 12.1. The Bertz CT molecular complexity index is 518. The van der Waals surface area contributed by atoms with Gasteiger partial charge in [-0.25, -0.2) is 0 Å². The van der Waals surface area contributed by atoms with Crippen LogP contribution in [0, 0.1) is 0 Å². The number of hydrogen-bond donors (Lipinski definition) is 2. The summed E-state index contributed by atoms with van der Waals surface area (Å²) < 4.78 is 6.37. The second kappa shape index (κ2) is 5.30. The molecule has 3 N–H and O–H groups in total. The van der Waals surface area contributed by atoms with Gasteiger partial charge in [0, 0.05) is 19.5 Å². The van der Waals surface area contributed by atoms with Crippen molar-refractivity contribution in [2.45, 2.75) is 19.9 Å². The van der Waals surface area contributed by atoms with Gasteiger partial charge in [0.1, 0.15) is 5.69 Å². The maximum atomic E-state index is 11.9. The SMILES string of the molecule is CCn1ncc(N)c1C(=O)NCCc1ncno1. The van der Waals surface area contributed by atoms with Gasteiger partial charge in [0.15, 0.2) is 6.33 Å². The molecular formula is C10H14N6O2. The summed E-state index contributed by atoms with van der Waals surface area (Å²) in [4.78, 5) is 15.8. The first-order valence-electron chi connectivity index (χ1n) is 5.57. The minimum absolute atomic E-state index is 0.258. The highest BCUT2D eigenvalue weighted by molar-refractivity contribution is 5.97. The first-order chi connectivity index (χ1) is 8.72. The zero-order valence-corrected chi connectivity index (χ0v) is 9.96. The van der Waals surface area contributed by atoms with Crippen molar-refractivity contribution in [2.75, 3.05) is 12.3 Å². The zero-order valence-electron chi connectivity index (χ0n) is 9.96. The van der Waals surface area contributed by atoms with Crippen molar-refractivity contribution in [1.82, 2.24) is 25.2 Å². The molecule has 2 heterocycles. The number of carbonyl (C=O) groups excluding carboxylic acids is 1. The number of nitrogen functional groups attached to an aromatic ring is 1. The molecule has 0 saturated heterocycles. The lowest BCUT2D eigenvalue weighted by Gasteiger charge is -2.06. The number of hydrogen-bond acceptors (Lipinski definition) is 6. The first-order valence-corrected chi connectivity index (χ1v) is 5.57. The molecule has 0 aliphatic rings. The van der Waals surface area contributed by atoms with Crippen molar-refractivity contribution >= 4 is 11.6 Å². The molecule has 2 rings (SSSR count). The predicted molar refractivity (Wildman–Crippen MR) is 62.6 cm³/mol. The average Bonchev–Trinajstić information content (AvgIpc) is 2.98. The van der Waals surface area contributed by atoms with Crippen molar-refractivity contribution < 1.29 is 9.32 Å². The molecule has 0 aliphatic carbocycles. The highest BCUT2D eigenvalue weighted by Gasteiger charge is 2.15. The molecule has 2 aromatic rings. The molecule has 96 valence electrons. The molecule has 0 unspecified atom stereocenters. The standard InChI is InChI=1S/C10H14N6O2/c1-2-16-9(7(11)5-14-16)10(17)12-4-3-8-13-6-15-18-8/h5-6H,2-4,11H2,1H3,(H,12,17). The molecule has 0 bridgehead atoms. The van der Waals surface area contributed by atoms with Gasteiger partial charge >= 0.3 is 0 Å². The van der Waals surface area contributed by atoms with Gasteiger partial charge in [0.2, 0.25) is 5.89 Å². The van der Waals surface area contributed by atoms with Crippen LogP contribution in [0.3, 0.4) is 0 Å². The summed E-state index contributed by atoms with van der Waals surface area (Å²) in [6.07, 6.45) is 3.27. The lowest BCUT2D eigenvalue weighted by Crippen LogP contribution is -2.28. The molecule has 0 saturated carbocycles. The van der Waals surface area contributed by atoms with Crippen molar-refractivity contribution in [3.05, 3.63) is 24.1 Å². The Morgan fingerprint density at radius 3 is 3.11 bits per heavy atom. The number of nitrogens with one attached hydrogen (secondary N) is 1. The number of carbonyl (C=O) groups is 1. The molecule has 8 heteroatoms. The number of amides is 1. The van der Waals surface area contributed by atoms with Gasteiger partial charge in [-0.15, -0.1) is 0 Å². The Balaban J connectivity index is 1.93. The van der Waals surface area contributed by atoms with Crippen molar-refractivity contribution in [3.8, 4) is 0 Å². The number of rotatable bonds is 5. The third-order valence-electron chi connectivity index (χ3n) is 2.41. The van der Waals surface area contributed by atoms with Crippen LogP contribution in [0.4, 0.5) is 5.69 Å². The van der Waals surface area contributed by atoms with Crippen molar-refractivity contribution in [3.63, 3.8) is 0 Å². The molecule has 0 fully saturated rings. The molecule has 0 aliphatic heterocycles. The van der Waals surface area contributed by atoms with E-state index in [1.165, 1.54) is 12.5 Å². The smallest absolute Gasteiger partial charge is 0.271 e. The summed E-state index contributed by atoms with van der Waals surface area (Å²) in [6, 6.07) is 0. The topological polar surface area (TPSA) is 112 Å². The van der Waals surface area contributed by atoms with Crippen LogP contribution in [0.1, 0.15) is 23.3 Å². The second-order valence-corrected chi connectivity index (χ2v) is 3.61. The summed E-state index contributed by atoms with van der Waals surface area (Å²) in [5.41, 5.74) is 6.44. The lowest BCUT2D eigenvalue weighted by molar-refractivity contribution is 0.0943. The van der Waals surface area contributed by atoms with Crippen LogP contribution in [0.25, 0.3) is 0 Å².